The summed E-state index contributed by atoms with van der Waals surface area (Å²) in [5.41, 5.74) is -3.84. The summed E-state index contributed by atoms with van der Waals surface area (Å²) in [6.45, 7) is 1.04. The second-order valence-electron chi connectivity index (χ2n) is 3.77. The van der Waals surface area contributed by atoms with Gasteiger partial charge in [0, 0.05) is 0 Å². The molecule has 0 heterocycles. The van der Waals surface area contributed by atoms with Crippen molar-refractivity contribution in [2.75, 3.05) is 6.61 Å². The number of nitriles is 1. The highest BCUT2D eigenvalue weighted by molar-refractivity contribution is 5.94. The number of hydrogen-bond acceptors (Lipinski definition) is 4. The number of ether oxygens (including phenoxy) is 2. The van der Waals surface area contributed by atoms with Crippen LogP contribution in [-0.4, -0.2) is 18.9 Å². The summed E-state index contributed by atoms with van der Waals surface area (Å²) in [6.07, 6.45) is -10.4. The molecule has 1 rings (SSSR count). The minimum Gasteiger partial charge on any atom is -0.462 e. The van der Waals surface area contributed by atoms with Crippen LogP contribution < -0.4 is 4.74 Å². The minimum atomic E-state index is -5.25. The molecule has 0 aliphatic rings. The Kier molecular flexibility index (Phi) is 4.91. The van der Waals surface area contributed by atoms with Gasteiger partial charge in [0.25, 0.3) is 0 Å². The Labute approximate surface area is 119 Å². The second kappa shape index (κ2) is 6.13. The van der Waals surface area contributed by atoms with Crippen molar-refractivity contribution < 1.29 is 40.6 Å². The smallest absolute Gasteiger partial charge is 0.462 e. The van der Waals surface area contributed by atoms with Crippen molar-refractivity contribution in [3.05, 3.63) is 28.8 Å². The predicted molar refractivity (Wildman–Crippen MR) is 58.8 cm³/mol. The molecule has 10 heteroatoms. The summed E-state index contributed by atoms with van der Waals surface area (Å²) in [5.74, 6) is -2.73. The second-order valence-corrected chi connectivity index (χ2v) is 3.77. The van der Waals surface area contributed by atoms with Crippen molar-refractivity contribution in [3.63, 3.8) is 0 Å². The van der Waals surface area contributed by atoms with E-state index >= 15 is 0 Å². The third kappa shape index (κ3) is 4.28. The highest BCUT2D eigenvalue weighted by atomic mass is 19.4. The van der Waals surface area contributed by atoms with E-state index in [4.69, 9.17) is 5.26 Å². The molecule has 1 aromatic carbocycles. The quantitative estimate of drug-likeness (QED) is 0.628. The van der Waals surface area contributed by atoms with Gasteiger partial charge in [0.05, 0.1) is 23.3 Å². The fourth-order valence-electron chi connectivity index (χ4n) is 1.54. The van der Waals surface area contributed by atoms with Gasteiger partial charge in [0.15, 0.2) is 0 Å². The van der Waals surface area contributed by atoms with Crippen LogP contribution in [0.25, 0.3) is 0 Å². The number of rotatable bonds is 3. The molecule has 22 heavy (non-hydrogen) atoms. The maximum absolute atomic E-state index is 12.9. The monoisotopic (exact) mass is 327 g/mol. The lowest BCUT2D eigenvalue weighted by molar-refractivity contribution is -0.274. The molecule has 0 bridgehead atoms. The van der Waals surface area contributed by atoms with Crippen LogP contribution >= 0.6 is 0 Å². The molecular weight excluding hydrogens is 320 g/mol. The van der Waals surface area contributed by atoms with Gasteiger partial charge in [0.2, 0.25) is 0 Å². The third-order valence-corrected chi connectivity index (χ3v) is 2.25. The number of nitrogens with zero attached hydrogens (tertiary/aromatic N) is 1. The van der Waals surface area contributed by atoms with Crippen LogP contribution in [0.4, 0.5) is 26.3 Å². The Morgan fingerprint density at radius 2 is 1.82 bits per heavy atom. The highest BCUT2D eigenvalue weighted by Gasteiger charge is 2.39. The molecule has 1 aromatic rings. The van der Waals surface area contributed by atoms with E-state index in [1.807, 2.05) is 0 Å². The van der Waals surface area contributed by atoms with Crippen molar-refractivity contribution in [3.8, 4) is 11.8 Å². The summed E-state index contributed by atoms with van der Waals surface area (Å²) in [5, 5.41) is 8.79. The molecule has 0 atom stereocenters. The Morgan fingerprint density at radius 3 is 2.23 bits per heavy atom. The zero-order valence-electron chi connectivity index (χ0n) is 10.8. The Bertz CT molecular complexity index is 615. The molecule has 0 aliphatic carbocycles. The molecular formula is C12H7F6NO3. The fourth-order valence-corrected chi connectivity index (χ4v) is 1.54. The lowest BCUT2D eigenvalue weighted by Crippen LogP contribution is -2.20. The van der Waals surface area contributed by atoms with E-state index in [0.29, 0.717) is 6.07 Å². The summed E-state index contributed by atoms with van der Waals surface area (Å²) >= 11 is 0. The van der Waals surface area contributed by atoms with E-state index in [2.05, 4.69) is 9.47 Å². The molecule has 120 valence electrons. The fraction of sp³-hybridized carbons (Fsp3) is 0.333. The van der Waals surface area contributed by atoms with E-state index < -0.39 is 40.9 Å². The van der Waals surface area contributed by atoms with Crippen LogP contribution in [0.1, 0.15) is 28.4 Å². The topological polar surface area (TPSA) is 59.3 Å². The maximum Gasteiger partial charge on any atom is 0.573 e. The summed E-state index contributed by atoms with van der Waals surface area (Å²) < 4.78 is 82.9. The van der Waals surface area contributed by atoms with E-state index in [1.165, 1.54) is 13.0 Å². The average Bonchev–Trinajstić information content (AvgIpc) is 2.34. The first kappa shape index (κ1) is 17.6. The van der Waals surface area contributed by atoms with Crippen LogP contribution in [0.5, 0.6) is 5.75 Å². The number of alkyl halides is 6. The lowest BCUT2D eigenvalue weighted by atomic mass is 10.0. The van der Waals surface area contributed by atoms with Crippen LogP contribution in [-0.2, 0) is 10.9 Å². The minimum absolute atomic E-state index is 0.0133. The van der Waals surface area contributed by atoms with Crippen molar-refractivity contribution in [2.24, 2.45) is 0 Å². The predicted octanol–water partition coefficient (Wildman–Crippen LogP) is 3.65. The number of carbonyl (C=O) groups is 1. The molecule has 0 unspecified atom stereocenters. The largest absolute Gasteiger partial charge is 0.573 e. The van der Waals surface area contributed by atoms with Crippen LogP contribution in [0.2, 0.25) is 0 Å². The first-order valence-corrected chi connectivity index (χ1v) is 5.57. The third-order valence-electron chi connectivity index (χ3n) is 2.25. The first-order chi connectivity index (χ1) is 9.99. The van der Waals surface area contributed by atoms with Gasteiger partial charge in [-0.05, 0) is 19.1 Å². The van der Waals surface area contributed by atoms with Crippen LogP contribution in [0.15, 0.2) is 12.1 Å². The van der Waals surface area contributed by atoms with Gasteiger partial charge in [-0.25, -0.2) is 4.79 Å². The van der Waals surface area contributed by atoms with E-state index in [9.17, 15) is 31.1 Å². The van der Waals surface area contributed by atoms with Crippen molar-refractivity contribution in [1.29, 1.82) is 5.26 Å². The van der Waals surface area contributed by atoms with Gasteiger partial charge in [-0.15, -0.1) is 13.2 Å². The van der Waals surface area contributed by atoms with E-state index in [-0.39, 0.29) is 12.7 Å². The summed E-state index contributed by atoms with van der Waals surface area (Å²) in [7, 11) is 0. The molecule has 0 aromatic heterocycles. The summed E-state index contributed by atoms with van der Waals surface area (Å²) in [4.78, 5) is 11.6. The van der Waals surface area contributed by atoms with Crippen molar-refractivity contribution in [2.45, 2.75) is 19.5 Å². The zero-order chi connectivity index (χ0) is 17.1. The van der Waals surface area contributed by atoms with E-state index in [0.717, 1.165) is 0 Å². The molecule has 0 aliphatic heterocycles. The normalized spacial score (nSPS) is 11.7. The van der Waals surface area contributed by atoms with Crippen LogP contribution in [0.3, 0.4) is 0 Å². The number of esters is 1. The standard InChI is InChI=1S/C12H7F6NO3/c1-2-21-10(20)9-6(5-19)3-7(22-12(16,17)18)4-8(9)11(13,14)15/h3-4H,2H2,1H3. The van der Waals surface area contributed by atoms with Gasteiger partial charge < -0.3 is 9.47 Å². The van der Waals surface area contributed by atoms with Crippen molar-refractivity contribution >= 4 is 5.97 Å². The molecule has 0 amide bonds. The number of carbonyl (C=O) groups excluding carboxylic acids is 1. The maximum atomic E-state index is 12.9. The van der Waals surface area contributed by atoms with Gasteiger partial charge in [-0.1, -0.05) is 0 Å². The van der Waals surface area contributed by atoms with Gasteiger partial charge in [0.1, 0.15) is 11.8 Å². The lowest BCUT2D eigenvalue weighted by Gasteiger charge is -2.16. The Hall–Kier alpha value is -2.44. The Morgan fingerprint density at radius 1 is 1.23 bits per heavy atom. The van der Waals surface area contributed by atoms with Gasteiger partial charge in [-0.2, -0.15) is 18.4 Å². The number of hydrogen-bond donors (Lipinski definition) is 0. The average molecular weight is 327 g/mol. The molecule has 4 nitrogen and oxygen atoms in total. The first-order valence-electron chi connectivity index (χ1n) is 5.57. The van der Waals surface area contributed by atoms with Crippen LogP contribution in [0, 0.1) is 11.3 Å². The van der Waals surface area contributed by atoms with Crippen molar-refractivity contribution in [1.82, 2.24) is 0 Å². The van der Waals surface area contributed by atoms with Gasteiger partial charge in [-0.3, -0.25) is 0 Å². The van der Waals surface area contributed by atoms with Gasteiger partial charge >= 0.3 is 18.5 Å². The molecule has 0 saturated heterocycles. The molecule has 0 fully saturated rings. The molecule has 0 spiro atoms. The molecule has 0 radical (unpaired) electrons. The SMILES string of the molecule is CCOC(=O)c1c(C#N)cc(OC(F)(F)F)cc1C(F)(F)F. The molecule has 0 N–H and O–H groups in total. The van der Waals surface area contributed by atoms with E-state index in [1.54, 1.807) is 0 Å². The zero-order valence-corrected chi connectivity index (χ0v) is 10.8. The highest BCUT2D eigenvalue weighted by Crippen LogP contribution is 2.37. The number of halogens is 6. The Balaban J connectivity index is 3.56. The number of benzene rings is 1. The summed E-state index contributed by atoms with van der Waals surface area (Å²) in [6, 6.07) is 1.60. The molecule has 0 saturated carbocycles.